The van der Waals surface area contributed by atoms with Crippen molar-refractivity contribution in [2.24, 2.45) is 5.92 Å². The minimum absolute atomic E-state index is 0.515. The number of nitrogens with one attached hydrogen (secondary N) is 1. The monoisotopic (exact) mass is 488 g/mol. The summed E-state index contributed by atoms with van der Waals surface area (Å²) in [6.07, 6.45) is 6.03. The molecule has 0 amide bonds. The molecule has 35 heavy (non-hydrogen) atoms. The second kappa shape index (κ2) is 10.5. The van der Waals surface area contributed by atoms with Crippen LogP contribution in [-0.2, 0) is 6.54 Å². The smallest absolute Gasteiger partial charge is 0.227 e. The van der Waals surface area contributed by atoms with Crippen LogP contribution in [0.4, 0.5) is 11.6 Å². The van der Waals surface area contributed by atoms with E-state index < -0.39 is 0 Å². The summed E-state index contributed by atoms with van der Waals surface area (Å²) in [5, 5.41) is 8.81. The van der Waals surface area contributed by atoms with Gasteiger partial charge in [0.2, 0.25) is 5.95 Å². The van der Waals surface area contributed by atoms with Crippen LogP contribution in [-0.4, -0.2) is 51.9 Å². The van der Waals surface area contributed by atoms with E-state index in [2.05, 4.69) is 26.9 Å². The summed E-state index contributed by atoms with van der Waals surface area (Å²) in [6, 6.07) is 17.6. The van der Waals surface area contributed by atoms with Crippen molar-refractivity contribution >= 4 is 23.2 Å². The van der Waals surface area contributed by atoms with Gasteiger partial charge in [-0.1, -0.05) is 29.8 Å². The van der Waals surface area contributed by atoms with Gasteiger partial charge in [-0.15, -0.1) is 0 Å². The summed E-state index contributed by atoms with van der Waals surface area (Å²) in [5.74, 6) is 1.88. The predicted octanol–water partition coefficient (Wildman–Crippen LogP) is 5.75. The Hall–Kier alpha value is -3.42. The van der Waals surface area contributed by atoms with E-state index in [-0.39, 0.29) is 0 Å². The van der Waals surface area contributed by atoms with Crippen LogP contribution in [0.5, 0.6) is 5.75 Å². The molecule has 180 valence electrons. The molecule has 0 radical (unpaired) electrons. The molecule has 4 aromatic rings. The Kier molecular flexibility index (Phi) is 6.97. The molecule has 1 aliphatic rings. The lowest BCUT2D eigenvalue weighted by Gasteiger charge is -2.29. The van der Waals surface area contributed by atoms with Gasteiger partial charge in [0.25, 0.3) is 0 Å². The van der Waals surface area contributed by atoms with E-state index in [0.29, 0.717) is 16.9 Å². The molecule has 0 atom stereocenters. The molecule has 0 unspecified atom stereocenters. The number of piperidine rings is 1. The van der Waals surface area contributed by atoms with Crippen molar-refractivity contribution < 1.29 is 4.74 Å². The van der Waals surface area contributed by atoms with Gasteiger partial charge in [-0.3, -0.25) is 4.68 Å². The van der Waals surface area contributed by atoms with Crippen molar-refractivity contribution in [2.45, 2.75) is 19.4 Å². The molecule has 0 spiro atoms. The molecule has 2 aromatic carbocycles. The SMILES string of the molecule is COc1cccc(Nc2nccc(-c3cnn(CC4CCN(C)CC4)c3-c3ccc(Cl)cc3)n2)c1. The zero-order chi connectivity index (χ0) is 24.2. The number of aromatic nitrogens is 4. The van der Waals surface area contributed by atoms with E-state index in [4.69, 9.17) is 26.4 Å². The molecule has 7 nitrogen and oxygen atoms in total. The summed E-state index contributed by atoms with van der Waals surface area (Å²) >= 11 is 6.19. The molecule has 0 aliphatic carbocycles. The van der Waals surface area contributed by atoms with Gasteiger partial charge in [-0.2, -0.15) is 5.10 Å². The summed E-state index contributed by atoms with van der Waals surface area (Å²) in [6.45, 7) is 3.13. The zero-order valence-corrected chi connectivity index (χ0v) is 20.7. The number of rotatable bonds is 7. The lowest BCUT2D eigenvalue weighted by atomic mass is 9.96. The van der Waals surface area contributed by atoms with Crippen molar-refractivity contribution in [3.05, 3.63) is 72.0 Å². The quantitative estimate of drug-likeness (QED) is 0.357. The van der Waals surface area contributed by atoms with Crippen molar-refractivity contribution in [2.75, 3.05) is 32.6 Å². The molecule has 1 N–H and O–H groups in total. The molecule has 1 aliphatic heterocycles. The number of halogens is 1. The van der Waals surface area contributed by atoms with Crippen LogP contribution in [0.2, 0.25) is 5.02 Å². The Bertz CT molecular complexity index is 1280. The van der Waals surface area contributed by atoms with Crippen molar-refractivity contribution in [3.63, 3.8) is 0 Å². The first-order valence-corrected chi connectivity index (χ1v) is 12.2. The number of benzene rings is 2. The van der Waals surface area contributed by atoms with Gasteiger partial charge in [0, 0.05) is 40.6 Å². The summed E-state index contributed by atoms with van der Waals surface area (Å²) in [5.41, 5.74) is 4.75. The highest BCUT2D eigenvalue weighted by Crippen LogP contribution is 2.34. The molecular formula is C27H29ClN6O. The number of likely N-dealkylation sites (tertiary alicyclic amines) is 1. The average Bonchev–Trinajstić information content (AvgIpc) is 3.29. The maximum absolute atomic E-state index is 6.19. The third kappa shape index (κ3) is 5.47. The van der Waals surface area contributed by atoms with E-state index in [0.717, 1.165) is 53.6 Å². The minimum Gasteiger partial charge on any atom is -0.497 e. The highest BCUT2D eigenvalue weighted by Gasteiger charge is 2.22. The Balaban J connectivity index is 1.48. The van der Waals surface area contributed by atoms with Crippen LogP contribution in [0.15, 0.2) is 67.0 Å². The maximum Gasteiger partial charge on any atom is 0.227 e. The Labute approximate surface area is 210 Å². The van der Waals surface area contributed by atoms with Gasteiger partial charge in [-0.25, -0.2) is 9.97 Å². The average molecular weight is 489 g/mol. The fraction of sp³-hybridized carbons (Fsp3) is 0.296. The molecular weight excluding hydrogens is 460 g/mol. The molecule has 0 bridgehead atoms. The minimum atomic E-state index is 0.515. The van der Waals surface area contributed by atoms with Gasteiger partial charge in [-0.05, 0) is 69.2 Å². The van der Waals surface area contributed by atoms with Crippen LogP contribution in [0.1, 0.15) is 12.8 Å². The predicted molar refractivity (Wildman–Crippen MR) is 140 cm³/mol. The summed E-state index contributed by atoms with van der Waals surface area (Å²) < 4.78 is 7.46. The van der Waals surface area contributed by atoms with E-state index in [1.807, 2.05) is 60.8 Å². The lowest BCUT2D eigenvalue weighted by molar-refractivity contribution is 0.202. The number of hydrogen-bond acceptors (Lipinski definition) is 6. The first-order chi connectivity index (χ1) is 17.1. The van der Waals surface area contributed by atoms with Gasteiger partial charge in [0.15, 0.2) is 0 Å². The topological polar surface area (TPSA) is 68.1 Å². The molecule has 1 saturated heterocycles. The van der Waals surface area contributed by atoms with Gasteiger partial charge >= 0.3 is 0 Å². The normalized spacial score (nSPS) is 14.7. The first kappa shape index (κ1) is 23.3. The van der Waals surface area contributed by atoms with Gasteiger partial charge < -0.3 is 15.0 Å². The zero-order valence-electron chi connectivity index (χ0n) is 20.0. The highest BCUT2D eigenvalue weighted by molar-refractivity contribution is 6.30. The van der Waals surface area contributed by atoms with Gasteiger partial charge in [0.1, 0.15) is 5.75 Å². The van der Waals surface area contributed by atoms with Crippen LogP contribution in [0.25, 0.3) is 22.5 Å². The first-order valence-electron chi connectivity index (χ1n) is 11.8. The third-order valence-electron chi connectivity index (χ3n) is 6.48. The molecule has 8 heteroatoms. The molecule has 0 saturated carbocycles. The molecule has 2 aromatic heterocycles. The fourth-order valence-corrected chi connectivity index (χ4v) is 4.64. The van der Waals surface area contributed by atoms with Crippen LogP contribution in [0, 0.1) is 5.92 Å². The van der Waals surface area contributed by atoms with E-state index >= 15 is 0 Å². The highest BCUT2D eigenvalue weighted by atomic mass is 35.5. The van der Waals surface area contributed by atoms with E-state index in [1.54, 1.807) is 13.3 Å². The largest absolute Gasteiger partial charge is 0.497 e. The summed E-state index contributed by atoms with van der Waals surface area (Å²) in [4.78, 5) is 11.6. The second-order valence-corrected chi connectivity index (χ2v) is 9.40. The second-order valence-electron chi connectivity index (χ2n) is 8.96. The number of methoxy groups -OCH3 is 1. The Morgan fingerprint density at radius 3 is 2.66 bits per heavy atom. The van der Waals surface area contributed by atoms with Crippen LogP contribution >= 0.6 is 11.6 Å². The van der Waals surface area contributed by atoms with Crippen molar-refractivity contribution in [3.8, 4) is 28.3 Å². The summed E-state index contributed by atoms with van der Waals surface area (Å²) in [7, 11) is 3.84. The lowest BCUT2D eigenvalue weighted by Crippen LogP contribution is -2.32. The fourth-order valence-electron chi connectivity index (χ4n) is 4.51. The van der Waals surface area contributed by atoms with E-state index in [9.17, 15) is 0 Å². The molecule has 3 heterocycles. The number of hydrogen-bond donors (Lipinski definition) is 1. The van der Waals surface area contributed by atoms with Crippen LogP contribution in [0.3, 0.4) is 0 Å². The Morgan fingerprint density at radius 2 is 1.89 bits per heavy atom. The van der Waals surface area contributed by atoms with Crippen molar-refractivity contribution in [1.82, 2.24) is 24.6 Å². The Morgan fingerprint density at radius 1 is 1.09 bits per heavy atom. The van der Waals surface area contributed by atoms with Gasteiger partial charge in [0.05, 0.1) is 24.7 Å². The number of anilines is 2. The standard InChI is InChI=1S/C27H29ClN6O/c1-33-14-11-19(12-15-33)18-34-26(20-6-8-21(28)9-7-20)24(17-30-34)25-10-13-29-27(32-25)31-22-4-3-5-23(16-22)35-2/h3-10,13,16-17,19H,11-12,14-15,18H2,1-2H3,(H,29,31,32). The maximum atomic E-state index is 6.19. The molecule has 1 fully saturated rings. The third-order valence-corrected chi connectivity index (χ3v) is 6.74. The number of nitrogens with zero attached hydrogens (tertiary/aromatic N) is 5. The molecule has 5 rings (SSSR count). The van der Waals surface area contributed by atoms with Crippen LogP contribution < -0.4 is 10.1 Å². The van der Waals surface area contributed by atoms with Crippen molar-refractivity contribution in [1.29, 1.82) is 0 Å². The van der Waals surface area contributed by atoms with E-state index in [1.165, 1.54) is 12.8 Å². The number of ether oxygens (including phenoxy) is 1.